The van der Waals surface area contributed by atoms with Crippen LogP contribution in [0.15, 0.2) is 28.7 Å². The van der Waals surface area contributed by atoms with Gasteiger partial charge in [-0.05, 0) is 18.9 Å². The van der Waals surface area contributed by atoms with Crippen molar-refractivity contribution in [3.05, 3.63) is 24.3 Å². The Balaban J connectivity index is 1.99. The summed E-state index contributed by atoms with van der Waals surface area (Å²) in [5.74, 6) is 1.75. The van der Waals surface area contributed by atoms with Crippen LogP contribution in [0.2, 0.25) is 0 Å². The Hall–Kier alpha value is -2.10. The highest BCUT2D eigenvalue weighted by molar-refractivity contribution is 6.05. The second-order valence-electron chi connectivity index (χ2n) is 5.33. The molecule has 0 saturated carbocycles. The summed E-state index contributed by atoms with van der Waals surface area (Å²) >= 11 is 0. The third-order valence-corrected chi connectivity index (χ3v) is 4.12. The highest BCUT2D eigenvalue weighted by atomic mass is 16.4. The maximum atomic E-state index is 6.11. The minimum absolute atomic E-state index is 0.765. The lowest BCUT2D eigenvalue weighted by molar-refractivity contribution is 0.600. The van der Waals surface area contributed by atoms with E-state index in [2.05, 4.69) is 23.1 Å². The first-order valence-corrected chi connectivity index (χ1v) is 6.76. The minimum Gasteiger partial charge on any atom is -0.438 e. The molecule has 0 amide bonds. The van der Waals surface area contributed by atoms with Crippen LogP contribution >= 0.6 is 0 Å². The van der Waals surface area contributed by atoms with Crippen molar-refractivity contribution in [2.45, 2.75) is 12.8 Å². The monoisotopic (exact) mass is 255 g/mol. The van der Waals surface area contributed by atoms with Gasteiger partial charge in [0.25, 0.3) is 0 Å². The molecule has 2 N–H and O–H groups in total. The molecule has 1 aromatic carbocycles. The van der Waals surface area contributed by atoms with E-state index < -0.39 is 0 Å². The SMILES string of the molecule is Cn1c(N)cc2ccc3cc(N4CCCC4)oc3c21. The number of nitrogens with two attached hydrogens (primary N) is 1. The number of hydrogen-bond acceptors (Lipinski definition) is 3. The average Bonchev–Trinajstić information content (AvgIpc) is 3.09. The van der Waals surface area contributed by atoms with Gasteiger partial charge in [0.05, 0.1) is 5.52 Å². The molecule has 0 bridgehead atoms. The van der Waals surface area contributed by atoms with E-state index in [1.807, 2.05) is 17.7 Å². The Labute approximate surface area is 111 Å². The summed E-state index contributed by atoms with van der Waals surface area (Å²) < 4.78 is 8.10. The van der Waals surface area contributed by atoms with Crippen LogP contribution < -0.4 is 10.6 Å². The first-order valence-electron chi connectivity index (χ1n) is 6.76. The van der Waals surface area contributed by atoms with Crippen molar-refractivity contribution in [3.63, 3.8) is 0 Å². The Bertz CT molecular complexity index is 762. The molecule has 1 aliphatic rings. The summed E-state index contributed by atoms with van der Waals surface area (Å²) in [5, 5.41) is 2.28. The molecule has 3 heterocycles. The molecule has 4 nitrogen and oxygen atoms in total. The van der Waals surface area contributed by atoms with Crippen molar-refractivity contribution in [1.82, 2.24) is 4.57 Å². The van der Waals surface area contributed by atoms with Crippen LogP contribution in [0.4, 0.5) is 11.7 Å². The van der Waals surface area contributed by atoms with Crippen LogP contribution in [-0.4, -0.2) is 17.7 Å². The van der Waals surface area contributed by atoms with E-state index in [4.69, 9.17) is 10.2 Å². The van der Waals surface area contributed by atoms with Gasteiger partial charge in [-0.1, -0.05) is 12.1 Å². The Morgan fingerprint density at radius 3 is 2.63 bits per heavy atom. The fourth-order valence-electron chi connectivity index (χ4n) is 3.03. The maximum Gasteiger partial charge on any atom is 0.196 e. The predicted octanol–water partition coefficient (Wildman–Crippen LogP) is 3.11. The van der Waals surface area contributed by atoms with Gasteiger partial charge < -0.3 is 19.6 Å². The lowest BCUT2D eigenvalue weighted by Crippen LogP contribution is -2.16. The summed E-state index contributed by atoms with van der Waals surface area (Å²) in [4.78, 5) is 2.32. The Morgan fingerprint density at radius 2 is 1.84 bits per heavy atom. The van der Waals surface area contributed by atoms with Gasteiger partial charge in [0.15, 0.2) is 11.5 Å². The normalized spacial score (nSPS) is 15.9. The van der Waals surface area contributed by atoms with Gasteiger partial charge >= 0.3 is 0 Å². The maximum absolute atomic E-state index is 6.11. The van der Waals surface area contributed by atoms with Crippen LogP contribution in [0.3, 0.4) is 0 Å². The summed E-state index contributed by atoms with van der Waals surface area (Å²) in [6.07, 6.45) is 2.51. The fraction of sp³-hybridized carbons (Fsp3) is 0.333. The molecule has 0 aliphatic carbocycles. The zero-order valence-corrected chi connectivity index (χ0v) is 11.0. The van der Waals surface area contributed by atoms with Crippen LogP contribution in [0, 0.1) is 0 Å². The second kappa shape index (κ2) is 3.70. The highest BCUT2D eigenvalue weighted by Gasteiger charge is 2.18. The van der Waals surface area contributed by atoms with E-state index in [-0.39, 0.29) is 0 Å². The van der Waals surface area contributed by atoms with Gasteiger partial charge in [-0.15, -0.1) is 0 Å². The quantitative estimate of drug-likeness (QED) is 0.726. The lowest BCUT2D eigenvalue weighted by Gasteiger charge is -2.12. The minimum atomic E-state index is 0.765. The van der Waals surface area contributed by atoms with Gasteiger partial charge in [0.1, 0.15) is 5.82 Å². The number of furan rings is 1. The summed E-state index contributed by atoms with van der Waals surface area (Å²) in [6.45, 7) is 2.19. The number of hydrogen-bond donors (Lipinski definition) is 1. The Morgan fingerprint density at radius 1 is 1.11 bits per heavy atom. The topological polar surface area (TPSA) is 47.3 Å². The van der Waals surface area contributed by atoms with E-state index >= 15 is 0 Å². The van der Waals surface area contributed by atoms with Gasteiger partial charge in [-0.2, -0.15) is 0 Å². The molecule has 1 saturated heterocycles. The first-order chi connectivity index (χ1) is 9.24. The number of nitrogen functional groups attached to an aromatic ring is 1. The standard InChI is InChI=1S/C15H17N3O/c1-17-12(16)8-10-4-5-11-9-13(18-6-2-3-7-18)19-15(11)14(10)17/h4-5,8-9H,2-3,6-7,16H2,1H3. The van der Waals surface area contributed by atoms with E-state index in [1.54, 1.807) is 0 Å². The van der Waals surface area contributed by atoms with Crippen LogP contribution in [0.5, 0.6) is 0 Å². The molecule has 98 valence electrons. The molecule has 1 aliphatic heterocycles. The second-order valence-corrected chi connectivity index (χ2v) is 5.33. The summed E-state index contributed by atoms with van der Waals surface area (Å²) in [7, 11) is 1.98. The molecule has 2 aromatic heterocycles. The van der Waals surface area contributed by atoms with Crippen molar-refractivity contribution in [3.8, 4) is 0 Å². The zero-order valence-electron chi connectivity index (χ0n) is 11.0. The molecule has 4 heteroatoms. The smallest absolute Gasteiger partial charge is 0.196 e. The number of aromatic nitrogens is 1. The van der Waals surface area contributed by atoms with Gasteiger partial charge in [0.2, 0.25) is 0 Å². The molecule has 19 heavy (non-hydrogen) atoms. The number of nitrogens with zero attached hydrogens (tertiary/aromatic N) is 2. The number of anilines is 2. The van der Waals surface area contributed by atoms with Crippen LogP contribution in [0.25, 0.3) is 21.9 Å². The van der Waals surface area contributed by atoms with Crippen molar-refractivity contribution >= 4 is 33.6 Å². The van der Waals surface area contributed by atoms with Crippen molar-refractivity contribution in [1.29, 1.82) is 0 Å². The lowest BCUT2D eigenvalue weighted by atomic mass is 10.2. The molecule has 0 atom stereocenters. The molecular weight excluding hydrogens is 238 g/mol. The van der Waals surface area contributed by atoms with Gasteiger partial charge in [-0.25, -0.2) is 0 Å². The third kappa shape index (κ3) is 1.46. The Kier molecular flexibility index (Phi) is 2.10. The van der Waals surface area contributed by atoms with Crippen molar-refractivity contribution in [2.75, 3.05) is 23.7 Å². The molecule has 0 radical (unpaired) electrons. The zero-order chi connectivity index (χ0) is 13.0. The number of fused-ring (bicyclic) bond motifs is 3. The third-order valence-electron chi connectivity index (χ3n) is 4.12. The van der Waals surface area contributed by atoms with Gasteiger partial charge in [0, 0.05) is 37.0 Å². The van der Waals surface area contributed by atoms with E-state index in [1.165, 1.54) is 12.8 Å². The molecule has 1 fully saturated rings. The van der Waals surface area contributed by atoms with E-state index in [0.717, 1.165) is 46.7 Å². The largest absolute Gasteiger partial charge is 0.438 e. The van der Waals surface area contributed by atoms with Gasteiger partial charge in [-0.3, -0.25) is 0 Å². The molecular formula is C15H17N3O. The van der Waals surface area contributed by atoms with Crippen molar-refractivity contribution < 1.29 is 4.42 Å². The van der Waals surface area contributed by atoms with E-state index in [0.29, 0.717) is 0 Å². The molecule has 4 rings (SSSR count). The molecule has 3 aromatic rings. The summed E-state index contributed by atoms with van der Waals surface area (Å²) in [6, 6.07) is 8.35. The molecule has 0 unspecified atom stereocenters. The predicted molar refractivity (Wildman–Crippen MR) is 78.6 cm³/mol. The van der Waals surface area contributed by atoms with Crippen LogP contribution in [-0.2, 0) is 7.05 Å². The van der Waals surface area contributed by atoms with Crippen LogP contribution in [0.1, 0.15) is 12.8 Å². The number of aryl methyl sites for hydroxylation is 1. The highest BCUT2D eigenvalue weighted by Crippen LogP contribution is 2.34. The molecule has 0 spiro atoms. The average molecular weight is 255 g/mol. The summed E-state index contributed by atoms with van der Waals surface area (Å²) in [5.41, 5.74) is 8.01. The fourth-order valence-corrected chi connectivity index (χ4v) is 3.03. The number of rotatable bonds is 1. The first kappa shape index (κ1) is 10.8. The van der Waals surface area contributed by atoms with E-state index in [9.17, 15) is 0 Å². The van der Waals surface area contributed by atoms with Crippen molar-refractivity contribution in [2.24, 2.45) is 7.05 Å². The number of benzene rings is 1.